The van der Waals surface area contributed by atoms with Gasteiger partial charge in [-0.3, -0.25) is 24.5 Å². The molecule has 3 amide bonds. The minimum atomic E-state index is -0.699. The van der Waals surface area contributed by atoms with Crippen LogP contribution in [0.3, 0.4) is 0 Å². The Morgan fingerprint density at radius 2 is 1.61 bits per heavy atom. The minimum absolute atomic E-state index is 0.136. The number of amides is 3. The Morgan fingerprint density at radius 3 is 2.34 bits per heavy atom. The van der Waals surface area contributed by atoms with Gasteiger partial charge in [-0.1, -0.05) is 72.6 Å². The Kier molecular flexibility index (Phi) is 11.1. The predicted octanol–water partition coefficient (Wildman–Crippen LogP) is 7.82. The van der Waals surface area contributed by atoms with Crippen LogP contribution in [0.2, 0.25) is 10.0 Å². The van der Waals surface area contributed by atoms with Crippen LogP contribution in [0.25, 0.3) is 6.08 Å². The molecule has 9 nitrogen and oxygen atoms in total. The topological polar surface area (TPSA) is 130 Å². The molecule has 0 radical (unpaired) electrons. The van der Waals surface area contributed by atoms with Gasteiger partial charge in [-0.2, -0.15) is 0 Å². The van der Waals surface area contributed by atoms with E-state index < -0.39 is 22.0 Å². The maximum atomic E-state index is 13.5. The average Bonchev–Trinajstić information content (AvgIpc) is 3.02. The number of para-hydroxylation sites is 1. The van der Waals surface area contributed by atoms with Crippen LogP contribution in [0.1, 0.15) is 29.3 Å². The molecule has 0 aromatic heterocycles. The van der Waals surface area contributed by atoms with E-state index in [2.05, 4.69) is 16.0 Å². The van der Waals surface area contributed by atoms with E-state index in [0.29, 0.717) is 33.3 Å². The normalized spacial score (nSPS) is 11.8. The summed E-state index contributed by atoms with van der Waals surface area (Å²) in [5, 5.41) is 19.8. The monoisotopic (exact) mass is 648 g/mol. The van der Waals surface area contributed by atoms with Gasteiger partial charge in [0.05, 0.1) is 31.5 Å². The Bertz CT molecular complexity index is 1730. The molecule has 3 N–H and O–H groups in total. The molecule has 4 aromatic rings. The van der Waals surface area contributed by atoms with Crippen molar-refractivity contribution in [2.75, 3.05) is 10.6 Å². The van der Waals surface area contributed by atoms with Gasteiger partial charge in [0.2, 0.25) is 5.91 Å². The van der Waals surface area contributed by atoms with Crippen molar-refractivity contribution in [3.05, 3.63) is 134 Å². The van der Waals surface area contributed by atoms with Crippen LogP contribution >= 0.6 is 35.0 Å². The highest BCUT2D eigenvalue weighted by atomic mass is 35.5. The molecule has 0 saturated carbocycles. The van der Waals surface area contributed by atoms with Crippen LogP contribution in [-0.4, -0.2) is 27.9 Å². The van der Waals surface area contributed by atoms with Crippen LogP contribution in [-0.2, 0) is 9.59 Å². The van der Waals surface area contributed by atoms with Gasteiger partial charge in [0, 0.05) is 22.2 Å². The first-order valence-corrected chi connectivity index (χ1v) is 14.9. The van der Waals surface area contributed by atoms with E-state index in [-0.39, 0.29) is 27.9 Å². The molecule has 0 spiro atoms. The van der Waals surface area contributed by atoms with Crippen LogP contribution in [0.4, 0.5) is 17.1 Å². The van der Waals surface area contributed by atoms with Gasteiger partial charge in [0.25, 0.3) is 17.5 Å². The van der Waals surface area contributed by atoms with Crippen molar-refractivity contribution < 1.29 is 19.3 Å². The van der Waals surface area contributed by atoms with E-state index in [9.17, 15) is 24.5 Å². The molecule has 1 unspecified atom stereocenters. The number of thioether (sulfide) groups is 1. The molecule has 44 heavy (non-hydrogen) atoms. The molecule has 0 saturated heterocycles. The van der Waals surface area contributed by atoms with Gasteiger partial charge < -0.3 is 16.0 Å². The fraction of sp³-hybridized carbons (Fsp3) is 0.0938. The largest absolute Gasteiger partial charge is 0.324 e. The zero-order valence-electron chi connectivity index (χ0n) is 23.3. The average molecular weight is 650 g/mol. The Hall–Kier alpha value is -4.64. The number of benzene rings is 4. The fourth-order valence-electron chi connectivity index (χ4n) is 4.02. The van der Waals surface area contributed by atoms with E-state index in [1.807, 2.05) is 6.92 Å². The number of anilines is 2. The van der Waals surface area contributed by atoms with Crippen molar-refractivity contribution in [3.8, 4) is 0 Å². The third kappa shape index (κ3) is 8.47. The molecule has 0 aliphatic rings. The number of nitrogens with one attached hydrogen (secondary N) is 3. The highest BCUT2D eigenvalue weighted by molar-refractivity contribution is 8.00. The van der Waals surface area contributed by atoms with Gasteiger partial charge in [0.1, 0.15) is 5.70 Å². The van der Waals surface area contributed by atoms with Gasteiger partial charge in [-0.25, -0.2) is 0 Å². The van der Waals surface area contributed by atoms with Crippen LogP contribution in [0.15, 0.2) is 108 Å². The molecule has 4 aromatic carbocycles. The number of rotatable bonds is 11. The number of nitro groups is 1. The Balaban J connectivity index is 1.55. The maximum Gasteiger partial charge on any atom is 0.276 e. The van der Waals surface area contributed by atoms with Crippen molar-refractivity contribution in [1.82, 2.24) is 5.32 Å². The summed E-state index contributed by atoms with van der Waals surface area (Å²) in [6, 6.07) is 26.0. The van der Waals surface area contributed by atoms with Gasteiger partial charge in [0.15, 0.2) is 0 Å². The summed E-state index contributed by atoms with van der Waals surface area (Å²) in [4.78, 5) is 51.2. The van der Waals surface area contributed by atoms with E-state index in [0.717, 1.165) is 0 Å². The van der Waals surface area contributed by atoms with Crippen molar-refractivity contribution in [2.24, 2.45) is 0 Å². The standard InChI is InChI=1S/C32H26Cl2N4O5S/c1-2-28(32(41)36-25-16-9-15-24(33)29(25)34)44-23-14-8-13-22(19-23)35-31(40)26(37-30(39)20-10-4-3-5-11-20)18-21-12-6-7-17-27(21)38(42)43/h3-19,28H,2H2,1H3,(H,35,40)(H,36,41)(H,37,39)/b26-18+. The smallest absolute Gasteiger partial charge is 0.276 e. The lowest BCUT2D eigenvalue weighted by atomic mass is 10.1. The first-order valence-electron chi connectivity index (χ1n) is 13.3. The lowest BCUT2D eigenvalue weighted by molar-refractivity contribution is -0.385. The fourth-order valence-corrected chi connectivity index (χ4v) is 5.38. The first-order chi connectivity index (χ1) is 21.2. The second-order valence-corrected chi connectivity index (χ2v) is 11.3. The number of hydrogen-bond donors (Lipinski definition) is 3. The number of nitrogens with zero attached hydrogens (tertiary/aromatic N) is 1. The summed E-state index contributed by atoms with van der Waals surface area (Å²) in [7, 11) is 0. The number of carbonyl (C=O) groups is 3. The summed E-state index contributed by atoms with van der Waals surface area (Å²) >= 11 is 13.6. The van der Waals surface area contributed by atoms with E-state index in [4.69, 9.17) is 23.2 Å². The second kappa shape index (κ2) is 15.2. The van der Waals surface area contributed by atoms with Crippen molar-refractivity contribution in [1.29, 1.82) is 0 Å². The van der Waals surface area contributed by atoms with Gasteiger partial charge in [-0.05, 0) is 61.0 Å². The SMILES string of the molecule is CCC(Sc1cccc(NC(=O)/C(=C\c2ccccc2[N+](=O)[O-])NC(=O)c2ccccc2)c1)C(=O)Nc1cccc(Cl)c1Cl. The lowest BCUT2D eigenvalue weighted by Crippen LogP contribution is -2.30. The molecule has 1 atom stereocenters. The lowest BCUT2D eigenvalue weighted by Gasteiger charge is -2.16. The highest BCUT2D eigenvalue weighted by Gasteiger charge is 2.21. The molecule has 12 heteroatoms. The summed E-state index contributed by atoms with van der Waals surface area (Å²) in [6.45, 7) is 1.87. The predicted molar refractivity (Wildman–Crippen MR) is 175 cm³/mol. The van der Waals surface area contributed by atoms with Crippen molar-refractivity contribution in [2.45, 2.75) is 23.5 Å². The Labute approximate surface area is 267 Å². The summed E-state index contributed by atoms with van der Waals surface area (Å²) < 4.78 is 0. The number of nitro benzene ring substituents is 1. The summed E-state index contributed by atoms with van der Waals surface area (Å²) in [6.07, 6.45) is 1.75. The molecule has 224 valence electrons. The van der Waals surface area contributed by atoms with E-state index >= 15 is 0 Å². The van der Waals surface area contributed by atoms with Gasteiger partial charge in [-0.15, -0.1) is 11.8 Å². The molecular formula is C32H26Cl2N4O5S. The zero-order valence-corrected chi connectivity index (χ0v) is 25.6. The number of halogens is 2. The molecular weight excluding hydrogens is 623 g/mol. The van der Waals surface area contributed by atoms with Crippen molar-refractivity contribution >= 4 is 75.8 Å². The van der Waals surface area contributed by atoms with E-state index in [1.165, 1.54) is 36.0 Å². The highest BCUT2D eigenvalue weighted by Crippen LogP contribution is 2.32. The van der Waals surface area contributed by atoms with Crippen molar-refractivity contribution in [3.63, 3.8) is 0 Å². The van der Waals surface area contributed by atoms with Crippen LogP contribution in [0, 0.1) is 10.1 Å². The molecule has 0 fully saturated rings. The molecule has 0 aliphatic heterocycles. The van der Waals surface area contributed by atoms with E-state index in [1.54, 1.807) is 78.9 Å². The Morgan fingerprint density at radius 1 is 0.909 bits per heavy atom. The quantitative estimate of drug-likeness (QED) is 0.0658. The van der Waals surface area contributed by atoms with Crippen LogP contribution in [0.5, 0.6) is 0 Å². The molecule has 0 heterocycles. The van der Waals surface area contributed by atoms with Crippen LogP contribution < -0.4 is 16.0 Å². The number of carbonyl (C=O) groups excluding carboxylic acids is 3. The van der Waals surface area contributed by atoms with Gasteiger partial charge >= 0.3 is 0 Å². The molecule has 0 aliphatic carbocycles. The summed E-state index contributed by atoms with van der Waals surface area (Å²) in [5.41, 5.74) is 0.797. The molecule has 0 bridgehead atoms. The first kappa shape index (κ1) is 32.3. The third-order valence-electron chi connectivity index (χ3n) is 6.21. The molecule has 4 rings (SSSR count). The zero-order chi connectivity index (χ0) is 31.6. The maximum absolute atomic E-state index is 13.5. The number of hydrogen-bond acceptors (Lipinski definition) is 6. The summed E-state index contributed by atoms with van der Waals surface area (Å²) in [5.74, 6) is -1.53. The third-order valence-corrected chi connectivity index (χ3v) is 8.38. The second-order valence-electron chi connectivity index (χ2n) is 9.28. The minimum Gasteiger partial charge on any atom is -0.324 e.